The molecule has 0 radical (unpaired) electrons. The Labute approximate surface area is 72.9 Å². The summed E-state index contributed by atoms with van der Waals surface area (Å²) in [5.74, 6) is 0.446. The second-order valence-electron chi connectivity index (χ2n) is 3.20. The van der Waals surface area contributed by atoms with Crippen molar-refractivity contribution in [1.82, 2.24) is 10.6 Å². The number of hydrogen-bond acceptors (Lipinski definition) is 3. The van der Waals surface area contributed by atoms with Gasteiger partial charge in [0.05, 0.1) is 6.17 Å². The van der Waals surface area contributed by atoms with Gasteiger partial charge >= 0.3 is 0 Å². The van der Waals surface area contributed by atoms with Crippen molar-refractivity contribution in [3.63, 3.8) is 0 Å². The molecule has 1 rings (SSSR count). The molecule has 0 aromatic carbocycles. The van der Waals surface area contributed by atoms with E-state index in [2.05, 4.69) is 10.6 Å². The number of carbonyl (C=O) groups is 1. The summed E-state index contributed by atoms with van der Waals surface area (Å²) < 4.78 is 0. The Balaban J connectivity index is 2.20. The lowest BCUT2D eigenvalue weighted by atomic mass is 10.3. The first kappa shape index (κ1) is 9.48. The Kier molecular flexibility index (Phi) is 3.49. The molecule has 0 aliphatic heterocycles. The Morgan fingerprint density at radius 1 is 1.67 bits per heavy atom. The van der Waals surface area contributed by atoms with E-state index in [1.54, 1.807) is 0 Å². The maximum atomic E-state index is 11.3. The third-order valence-corrected chi connectivity index (χ3v) is 2.07. The van der Waals surface area contributed by atoms with Crippen molar-refractivity contribution in [3.05, 3.63) is 0 Å². The van der Waals surface area contributed by atoms with Gasteiger partial charge < -0.3 is 16.4 Å². The minimum absolute atomic E-state index is 0.0445. The Morgan fingerprint density at radius 2 is 2.33 bits per heavy atom. The third kappa shape index (κ3) is 2.79. The highest BCUT2D eigenvalue weighted by molar-refractivity contribution is 5.81. The van der Waals surface area contributed by atoms with Gasteiger partial charge in [-0.15, -0.1) is 0 Å². The van der Waals surface area contributed by atoms with Gasteiger partial charge in [-0.1, -0.05) is 0 Å². The topological polar surface area (TPSA) is 67.2 Å². The second kappa shape index (κ2) is 4.42. The first-order valence-corrected chi connectivity index (χ1v) is 4.45. The molecule has 1 atom stereocenters. The van der Waals surface area contributed by atoms with Crippen LogP contribution < -0.4 is 16.4 Å². The summed E-state index contributed by atoms with van der Waals surface area (Å²) in [4.78, 5) is 11.3. The summed E-state index contributed by atoms with van der Waals surface area (Å²) in [6.07, 6.45) is 2.92. The molecule has 70 valence electrons. The van der Waals surface area contributed by atoms with Crippen molar-refractivity contribution in [2.75, 3.05) is 13.6 Å². The molecule has 1 amide bonds. The monoisotopic (exact) mass is 171 g/mol. The predicted octanol–water partition coefficient (Wildman–Crippen LogP) is -0.593. The zero-order valence-corrected chi connectivity index (χ0v) is 7.47. The van der Waals surface area contributed by atoms with Crippen LogP contribution in [0.1, 0.15) is 19.3 Å². The van der Waals surface area contributed by atoms with Gasteiger partial charge in [-0.25, -0.2) is 0 Å². The molecule has 1 aliphatic rings. The average Bonchev–Trinajstić information content (AvgIpc) is 2.85. The molecule has 4 heteroatoms. The van der Waals surface area contributed by atoms with E-state index in [0.717, 1.165) is 19.3 Å². The number of amides is 1. The molecule has 4 N–H and O–H groups in total. The highest BCUT2D eigenvalue weighted by Gasteiger charge is 2.30. The summed E-state index contributed by atoms with van der Waals surface area (Å²) >= 11 is 0. The van der Waals surface area contributed by atoms with E-state index >= 15 is 0 Å². The number of nitrogens with two attached hydrogens (primary N) is 1. The zero-order chi connectivity index (χ0) is 8.97. The first-order chi connectivity index (χ1) is 5.77. The molecular formula is C8H17N3O. The maximum absolute atomic E-state index is 11.3. The van der Waals surface area contributed by atoms with Crippen LogP contribution in [0.2, 0.25) is 0 Å². The number of rotatable bonds is 5. The van der Waals surface area contributed by atoms with Crippen LogP contribution in [-0.2, 0) is 4.79 Å². The fraction of sp³-hybridized carbons (Fsp3) is 0.875. The molecule has 1 unspecified atom stereocenters. The van der Waals surface area contributed by atoms with Gasteiger partial charge in [-0.3, -0.25) is 4.79 Å². The molecule has 0 bridgehead atoms. The van der Waals surface area contributed by atoms with E-state index in [4.69, 9.17) is 5.73 Å². The summed E-state index contributed by atoms with van der Waals surface area (Å²) in [7, 11) is 1.83. The Morgan fingerprint density at radius 3 is 2.75 bits per heavy atom. The van der Waals surface area contributed by atoms with E-state index < -0.39 is 0 Å². The minimum atomic E-state index is 0.0445. The molecule has 1 fully saturated rings. The zero-order valence-electron chi connectivity index (χ0n) is 7.47. The summed E-state index contributed by atoms with van der Waals surface area (Å²) in [5, 5.41) is 5.90. The van der Waals surface area contributed by atoms with Crippen LogP contribution >= 0.6 is 0 Å². The molecule has 12 heavy (non-hydrogen) atoms. The van der Waals surface area contributed by atoms with E-state index in [1.165, 1.54) is 0 Å². The van der Waals surface area contributed by atoms with E-state index in [9.17, 15) is 4.79 Å². The standard InChI is InChI=1S/C8H17N3O/c1-10-7(4-5-9)11-8(12)6-2-3-6/h6-7,10H,2-5,9H2,1H3,(H,11,12). The van der Waals surface area contributed by atoms with Crippen LogP contribution in [0.3, 0.4) is 0 Å². The molecule has 0 heterocycles. The van der Waals surface area contributed by atoms with Crippen molar-refractivity contribution in [1.29, 1.82) is 0 Å². The fourth-order valence-electron chi connectivity index (χ4n) is 1.09. The Bertz CT molecular complexity index is 156. The van der Waals surface area contributed by atoms with Crippen molar-refractivity contribution < 1.29 is 4.79 Å². The summed E-state index contributed by atoms with van der Waals surface area (Å²) in [6, 6.07) is 0. The largest absolute Gasteiger partial charge is 0.341 e. The van der Waals surface area contributed by atoms with Crippen LogP contribution in [0, 0.1) is 5.92 Å². The quantitative estimate of drug-likeness (QED) is 0.484. The van der Waals surface area contributed by atoms with Crippen LogP contribution in [-0.4, -0.2) is 25.7 Å². The molecule has 1 aliphatic carbocycles. The number of nitrogens with one attached hydrogen (secondary N) is 2. The lowest BCUT2D eigenvalue weighted by molar-refractivity contribution is -0.123. The fourth-order valence-corrected chi connectivity index (χ4v) is 1.09. The highest BCUT2D eigenvalue weighted by atomic mass is 16.2. The lowest BCUT2D eigenvalue weighted by Crippen LogP contribution is -2.45. The van der Waals surface area contributed by atoms with Gasteiger partial charge in [-0.2, -0.15) is 0 Å². The highest BCUT2D eigenvalue weighted by Crippen LogP contribution is 2.28. The molecule has 0 saturated heterocycles. The van der Waals surface area contributed by atoms with Crippen LogP contribution in [0.5, 0.6) is 0 Å². The van der Waals surface area contributed by atoms with Crippen molar-refractivity contribution >= 4 is 5.91 Å². The molecule has 1 saturated carbocycles. The minimum Gasteiger partial charge on any atom is -0.341 e. The van der Waals surface area contributed by atoms with Gasteiger partial charge in [0, 0.05) is 5.92 Å². The molecule has 0 aromatic heterocycles. The third-order valence-electron chi connectivity index (χ3n) is 2.07. The van der Waals surface area contributed by atoms with Gasteiger partial charge in [0.1, 0.15) is 0 Å². The van der Waals surface area contributed by atoms with Crippen LogP contribution in [0.15, 0.2) is 0 Å². The maximum Gasteiger partial charge on any atom is 0.224 e. The first-order valence-electron chi connectivity index (χ1n) is 4.45. The predicted molar refractivity (Wildman–Crippen MR) is 47.4 cm³/mol. The van der Waals surface area contributed by atoms with Crippen molar-refractivity contribution in [2.45, 2.75) is 25.4 Å². The van der Waals surface area contributed by atoms with Gasteiger partial charge in [0.25, 0.3) is 0 Å². The average molecular weight is 171 g/mol. The smallest absolute Gasteiger partial charge is 0.224 e. The molecule has 0 spiro atoms. The van der Waals surface area contributed by atoms with Crippen molar-refractivity contribution in [2.24, 2.45) is 11.7 Å². The van der Waals surface area contributed by atoms with E-state index in [-0.39, 0.29) is 18.0 Å². The van der Waals surface area contributed by atoms with Crippen LogP contribution in [0.4, 0.5) is 0 Å². The van der Waals surface area contributed by atoms with E-state index in [0.29, 0.717) is 6.54 Å². The SMILES string of the molecule is CNC(CCN)NC(=O)C1CC1. The van der Waals surface area contributed by atoms with Gasteiger partial charge in [0.2, 0.25) is 5.91 Å². The van der Waals surface area contributed by atoms with Crippen molar-refractivity contribution in [3.8, 4) is 0 Å². The van der Waals surface area contributed by atoms with Crippen LogP contribution in [0.25, 0.3) is 0 Å². The Hall–Kier alpha value is -0.610. The molecule has 0 aromatic rings. The normalized spacial score (nSPS) is 18.8. The molecular weight excluding hydrogens is 154 g/mol. The number of carbonyl (C=O) groups excluding carboxylic acids is 1. The van der Waals surface area contributed by atoms with Gasteiger partial charge in [-0.05, 0) is 32.9 Å². The second-order valence-corrected chi connectivity index (χ2v) is 3.20. The number of hydrogen-bond donors (Lipinski definition) is 3. The summed E-state index contributed by atoms with van der Waals surface area (Å²) in [6.45, 7) is 0.594. The lowest BCUT2D eigenvalue weighted by Gasteiger charge is -2.16. The van der Waals surface area contributed by atoms with E-state index in [1.807, 2.05) is 7.05 Å². The van der Waals surface area contributed by atoms with Gasteiger partial charge in [0.15, 0.2) is 0 Å². The summed E-state index contributed by atoms with van der Waals surface area (Å²) in [5.41, 5.74) is 5.38. The molecule has 4 nitrogen and oxygen atoms in total.